The summed E-state index contributed by atoms with van der Waals surface area (Å²) in [6, 6.07) is 19.8. The molecule has 2 unspecified atom stereocenters. The molecule has 10 nitrogen and oxygen atoms in total. The molecule has 2 atom stereocenters. The summed E-state index contributed by atoms with van der Waals surface area (Å²) in [6.07, 6.45) is -5.11. The van der Waals surface area contributed by atoms with E-state index in [1.165, 1.54) is 23.9 Å². The summed E-state index contributed by atoms with van der Waals surface area (Å²) in [6.45, 7) is 0.296. The van der Waals surface area contributed by atoms with Crippen LogP contribution < -0.4 is 10.1 Å². The number of aliphatic imine (C=N–C) groups is 1. The minimum atomic E-state index is -5.53. The lowest BCUT2D eigenvalue weighted by Crippen LogP contribution is -2.39. The number of aliphatic carboxylic acids is 1. The number of esters is 2. The number of fused-ring (bicyclic) bond motifs is 1. The number of nitrogens with zero attached hydrogens (tertiary/aromatic N) is 2. The van der Waals surface area contributed by atoms with Crippen LogP contribution >= 0.6 is 22.4 Å². The monoisotopic (exact) mass is 691 g/mol. The van der Waals surface area contributed by atoms with E-state index in [9.17, 15) is 37.1 Å². The molecule has 47 heavy (non-hydrogen) atoms. The number of rotatable bonds is 11. The summed E-state index contributed by atoms with van der Waals surface area (Å²) in [4.78, 5) is 41.8. The van der Waals surface area contributed by atoms with Crippen LogP contribution in [-0.2, 0) is 36.5 Å². The quantitative estimate of drug-likeness (QED) is 0.105. The summed E-state index contributed by atoms with van der Waals surface area (Å²) < 4.78 is 66.4. The topological polar surface area (TPSA) is 127 Å². The SMILES string of the molecule is O=C(O)C(OS1=C2C(=C(Nc3ccc(OCc4cccc(F)c4)c(Cl)c3)N=CN2Cc2ccccc2)C=C1)C(=O)OC(=O)C(F)(F)F. The third-order valence-corrected chi connectivity index (χ3v) is 8.27. The molecule has 0 radical (unpaired) electrons. The van der Waals surface area contributed by atoms with Crippen LogP contribution in [0.4, 0.5) is 23.2 Å². The lowest BCUT2D eigenvalue weighted by Gasteiger charge is -2.28. The summed E-state index contributed by atoms with van der Waals surface area (Å²) >= 11 is 6.44. The van der Waals surface area contributed by atoms with Gasteiger partial charge in [-0.1, -0.05) is 54.1 Å². The molecule has 0 aliphatic carbocycles. The molecule has 2 heterocycles. The van der Waals surface area contributed by atoms with E-state index in [2.05, 4.69) is 15.0 Å². The standard InChI is InChI=1S/C31H22ClF4N3O7S/c32-23-14-21(9-10-24(23)44-16-19-7-4-8-20(33)13-19)38-26-22-11-12-47(27(22)39(17-37-26)15-18-5-2-1-3-6-18)46-25(28(40)41)29(42)45-30(43)31(34,35)36/h1-14,17,25,38H,15-16H2,(H,40,41). The predicted molar refractivity (Wildman–Crippen MR) is 165 cm³/mol. The summed E-state index contributed by atoms with van der Waals surface area (Å²) in [7, 11) is -1.64. The zero-order chi connectivity index (χ0) is 33.7. The second kappa shape index (κ2) is 14.2. The molecule has 2 aliphatic rings. The van der Waals surface area contributed by atoms with Crippen molar-refractivity contribution in [1.29, 1.82) is 0 Å². The van der Waals surface area contributed by atoms with Gasteiger partial charge < -0.3 is 24.8 Å². The number of hydrogen-bond acceptors (Lipinski definition) is 9. The number of anilines is 1. The molecule has 0 saturated heterocycles. The van der Waals surface area contributed by atoms with E-state index in [0.717, 1.165) is 5.56 Å². The molecule has 0 spiro atoms. The Morgan fingerprint density at radius 1 is 1.02 bits per heavy atom. The van der Waals surface area contributed by atoms with Gasteiger partial charge in [-0.2, -0.15) is 13.2 Å². The summed E-state index contributed by atoms with van der Waals surface area (Å²) in [5.41, 5.74) is 2.31. The third-order valence-electron chi connectivity index (χ3n) is 6.36. The lowest BCUT2D eigenvalue weighted by molar-refractivity contribution is -0.204. The number of carbonyl (C=O) groups is 3. The van der Waals surface area contributed by atoms with Crippen molar-refractivity contribution in [1.82, 2.24) is 4.90 Å². The molecular formula is C31H22ClF4N3O7S. The highest BCUT2D eigenvalue weighted by molar-refractivity contribution is 8.15. The molecule has 244 valence electrons. The maximum absolute atomic E-state index is 13.5. The highest BCUT2D eigenvalue weighted by Crippen LogP contribution is 2.38. The Hall–Kier alpha value is -4.99. The van der Waals surface area contributed by atoms with Crippen LogP contribution in [0.2, 0.25) is 5.02 Å². The van der Waals surface area contributed by atoms with Crippen LogP contribution in [0.25, 0.3) is 0 Å². The molecule has 5 rings (SSSR count). The van der Waals surface area contributed by atoms with Crippen LogP contribution in [0, 0.1) is 5.82 Å². The fourth-order valence-electron chi connectivity index (χ4n) is 4.25. The molecule has 2 N–H and O–H groups in total. The van der Waals surface area contributed by atoms with Crippen LogP contribution in [0.15, 0.2) is 101 Å². The van der Waals surface area contributed by atoms with E-state index in [1.54, 1.807) is 53.4 Å². The molecule has 3 aromatic rings. The van der Waals surface area contributed by atoms with Crippen molar-refractivity contribution in [2.24, 2.45) is 4.99 Å². The van der Waals surface area contributed by atoms with Crippen molar-refractivity contribution in [2.45, 2.75) is 25.4 Å². The Labute approximate surface area is 271 Å². The molecule has 2 aliphatic heterocycles. The van der Waals surface area contributed by atoms with E-state index in [1.807, 2.05) is 18.2 Å². The van der Waals surface area contributed by atoms with Gasteiger partial charge in [0.2, 0.25) is 0 Å². The Kier molecular flexibility index (Phi) is 10.1. The van der Waals surface area contributed by atoms with Gasteiger partial charge in [-0.05, 0) is 63.7 Å². The molecule has 0 amide bonds. The lowest BCUT2D eigenvalue weighted by atomic mass is 10.1. The van der Waals surface area contributed by atoms with Crippen LogP contribution in [-0.4, -0.2) is 51.5 Å². The molecule has 0 saturated carbocycles. The number of nitrogens with one attached hydrogen (secondary N) is 1. The van der Waals surface area contributed by atoms with Gasteiger partial charge in [-0.25, -0.2) is 23.8 Å². The normalized spacial score (nSPS) is 16.1. The van der Waals surface area contributed by atoms with E-state index in [-0.39, 0.29) is 24.0 Å². The maximum atomic E-state index is 13.5. The van der Waals surface area contributed by atoms with Crippen molar-refractivity contribution < 1.29 is 50.7 Å². The van der Waals surface area contributed by atoms with Crippen molar-refractivity contribution in [3.63, 3.8) is 0 Å². The first-order valence-electron chi connectivity index (χ1n) is 13.4. The first-order valence-corrected chi connectivity index (χ1v) is 15.0. The predicted octanol–water partition coefficient (Wildman–Crippen LogP) is 6.17. The number of carbonyl (C=O) groups excluding carboxylic acids is 2. The van der Waals surface area contributed by atoms with E-state index in [0.29, 0.717) is 27.6 Å². The zero-order valence-corrected chi connectivity index (χ0v) is 25.3. The molecule has 0 fully saturated rings. The Balaban J connectivity index is 1.41. The molecule has 16 heteroatoms. The van der Waals surface area contributed by atoms with Crippen molar-refractivity contribution in [3.05, 3.63) is 118 Å². The average Bonchev–Trinajstić information content (AvgIpc) is 3.45. The number of hydrogen-bond donors (Lipinski definition) is 2. The minimum Gasteiger partial charge on any atom is -0.487 e. The summed E-state index contributed by atoms with van der Waals surface area (Å²) in [5, 5.41) is 14.3. The van der Waals surface area contributed by atoms with Crippen molar-refractivity contribution in [3.8, 4) is 5.75 Å². The fourth-order valence-corrected chi connectivity index (χ4v) is 6.12. The molecule has 0 aromatic heterocycles. The third kappa shape index (κ3) is 8.24. The first kappa shape index (κ1) is 33.4. The summed E-state index contributed by atoms with van der Waals surface area (Å²) in [5.74, 6) is -6.67. The smallest absolute Gasteiger partial charge is 0.487 e. The molecular weight excluding hydrogens is 670 g/mol. The van der Waals surface area contributed by atoms with Gasteiger partial charge in [0.05, 0.1) is 11.4 Å². The second-order valence-corrected chi connectivity index (χ2v) is 11.6. The van der Waals surface area contributed by atoms with Gasteiger partial charge in [0.1, 0.15) is 29.0 Å². The number of alkyl halides is 3. The van der Waals surface area contributed by atoms with Gasteiger partial charge in [0.15, 0.2) is 0 Å². The van der Waals surface area contributed by atoms with Crippen molar-refractivity contribution >= 4 is 57.3 Å². The number of ether oxygens (including phenoxy) is 2. The van der Waals surface area contributed by atoms with E-state index < -0.39 is 46.8 Å². The zero-order valence-electron chi connectivity index (χ0n) is 23.7. The number of benzene rings is 3. The largest absolute Gasteiger partial charge is 0.491 e. The number of halogens is 5. The Morgan fingerprint density at radius 3 is 2.45 bits per heavy atom. The van der Waals surface area contributed by atoms with Gasteiger partial charge in [0, 0.05) is 17.8 Å². The second-order valence-electron chi connectivity index (χ2n) is 9.74. The first-order chi connectivity index (χ1) is 22.4. The highest BCUT2D eigenvalue weighted by atomic mass is 35.5. The van der Waals surface area contributed by atoms with Gasteiger partial charge >= 0.3 is 24.1 Å². The fraction of sp³-hybridized carbons (Fsp3) is 0.129. The Bertz CT molecular complexity index is 1850. The minimum absolute atomic E-state index is 0.0712. The van der Waals surface area contributed by atoms with E-state index >= 15 is 0 Å². The van der Waals surface area contributed by atoms with Gasteiger partial charge in [0.25, 0.3) is 6.10 Å². The van der Waals surface area contributed by atoms with Crippen molar-refractivity contribution in [2.75, 3.05) is 5.32 Å². The average molecular weight is 692 g/mol. The molecule has 3 aromatic carbocycles. The number of carboxylic acids is 1. The molecule has 0 bridgehead atoms. The Morgan fingerprint density at radius 2 is 1.77 bits per heavy atom. The van der Waals surface area contributed by atoms with Crippen LogP contribution in [0.1, 0.15) is 11.1 Å². The van der Waals surface area contributed by atoms with Crippen LogP contribution in [0.5, 0.6) is 5.75 Å². The highest BCUT2D eigenvalue weighted by Gasteiger charge is 2.45. The number of carboxylic acid groups (broad SMARTS) is 1. The van der Waals surface area contributed by atoms with Crippen LogP contribution in [0.3, 0.4) is 0 Å². The van der Waals surface area contributed by atoms with E-state index in [4.69, 9.17) is 20.5 Å². The van der Waals surface area contributed by atoms with Gasteiger partial charge in [-0.3, -0.25) is 4.18 Å². The van der Waals surface area contributed by atoms with Gasteiger partial charge in [-0.15, -0.1) is 0 Å². The maximum Gasteiger partial charge on any atom is 0.491 e.